The van der Waals surface area contributed by atoms with Crippen molar-refractivity contribution in [2.75, 3.05) is 13.2 Å². The Morgan fingerprint density at radius 3 is 1.26 bits per heavy atom. The van der Waals surface area contributed by atoms with Crippen LogP contribution in [0.25, 0.3) is 0 Å². The third-order valence-electron chi connectivity index (χ3n) is 4.78. The van der Waals surface area contributed by atoms with Crippen LogP contribution in [0.15, 0.2) is 0 Å². The molecule has 0 aliphatic carbocycles. The van der Waals surface area contributed by atoms with Crippen LogP contribution in [-0.4, -0.2) is 24.3 Å². The second-order valence-corrected chi connectivity index (χ2v) is 7.71. The summed E-state index contributed by atoms with van der Waals surface area (Å²) in [5, 5.41) is 8.27. The van der Waals surface area contributed by atoms with Crippen molar-refractivity contribution in [1.29, 1.82) is 0 Å². The fraction of sp³-hybridized carbons (Fsp3) is 0.958. The average molecular weight is 387 g/mol. The van der Waals surface area contributed by atoms with E-state index in [1.54, 1.807) is 0 Å². The molecule has 0 fully saturated rings. The van der Waals surface area contributed by atoms with Gasteiger partial charge in [-0.05, 0) is 19.3 Å². The van der Waals surface area contributed by atoms with Gasteiger partial charge in [0, 0.05) is 19.6 Å². The van der Waals surface area contributed by atoms with Gasteiger partial charge in [0.25, 0.3) is 0 Å². The van der Waals surface area contributed by atoms with Gasteiger partial charge in [0.05, 0.1) is 0 Å². The SMILES string of the molecule is CCCCCCCC(=O)O.CCCCCCCCOCCCCCCCC. The summed E-state index contributed by atoms with van der Waals surface area (Å²) in [6.45, 7) is 8.66. The summed E-state index contributed by atoms with van der Waals surface area (Å²) >= 11 is 0. The summed E-state index contributed by atoms with van der Waals surface area (Å²) in [5.74, 6) is -0.670. The van der Waals surface area contributed by atoms with Crippen molar-refractivity contribution in [3.8, 4) is 0 Å². The molecule has 0 bridgehead atoms. The summed E-state index contributed by atoms with van der Waals surface area (Å²) in [7, 11) is 0. The lowest BCUT2D eigenvalue weighted by Crippen LogP contribution is -1.97. The number of ether oxygens (including phenoxy) is 1. The highest BCUT2D eigenvalue weighted by atomic mass is 16.5. The topological polar surface area (TPSA) is 46.5 Å². The fourth-order valence-electron chi connectivity index (χ4n) is 2.95. The molecule has 0 radical (unpaired) electrons. The summed E-state index contributed by atoms with van der Waals surface area (Å²) in [6, 6.07) is 0. The fourth-order valence-corrected chi connectivity index (χ4v) is 2.95. The van der Waals surface area contributed by atoms with E-state index >= 15 is 0 Å². The zero-order valence-electron chi connectivity index (χ0n) is 18.9. The van der Waals surface area contributed by atoms with Crippen molar-refractivity contribution in [3.63, 3.8) is 0 Å². The Morgan fingerprint density at radius 2 is 0.889 bits per heavy atom. The van der Waals surface area contributed by atoms with Crippen LogP contribution in [0.4, 0.5) is 0 Å². The van der Waals surface area contributed by atoms with E-state index in [-0.39, 0.29) is 0 Å². The Morgan fingerprint density at radius 1 is 0.556 bits per heavy atom. The van der Waals surface area contributed by atoms with E-state index in [0.29, 0.717) is 6.42 Å². The van der Waals surface area contributed by atoms with E-state index in [4.69, 9.17) is 9.84 Å². The van der Waals surface area contributed by atoms with Gasteiger partial charge in [0.15, 0.2) is 0 Å². The van der Waals surface area contributed by atoms with Crippen molar-refractivity contribution < 1.29 is 14.6 Å². The van der Waals surface area contributed by atoms with Gasteiger partial charge in [-0.15, -0.1) is 0 Å². The van der Waals surface area contributed by atoms with Crippen LogP contribution in [0.5, 0.6) is 0 Å². The zero-order valence-corrected chi connectivity index (χ0v) is 18.9. The molecule has 164 valence electrons. The lowest BCUT2D eigenvalue weighted by atomic mass is 10.1. The minimum atomic E-state index is -0.670. The van der Waals surface area contributed by atoms with Gasteiger partial charge in [-0.3, -0.25) is 4.79 Å². The predicted molar refractivity (Wildman–Crippen MR) is 119 cm³/mol. The molecule has 0 aromatic heterocycles. The monoisotopic (exact) mass is 386 g/mol. The molecular formula is C24H50O3. The molecule has 0 rings (SSSR count). The Labute approximate surface area is 170 Å². The van der Waals surface area contributed by atoms with Crippen LogP contribution >= 0.6 is 0 Å². The van der Waals surface area contributed by atoms with Gasteiger partial charge in [-0.2, -0.15) is 0 Å². The second kappa shape index (κ2) is 27.6. The first-order chi connectivity index (χ1) is 13.2. The smallest absolute Gasteiger partial charge is 0.303 e. The molecule has 0 unspecified atom stereocenters. The Balaban J connectivity index is 0. The van der Waals surface area contributed by atoms with Gasteiger partial charge >= 0.3 is 5.97 Å². The molecule has 0 saturated heterocycles. The highest BCUT2D eigenvalue weighted by Crippen LogP contribution is 2.07. The lowest BCUT2D eigenvalue weighted by molar-refractivity contribution is -0.137. The van der Waals surface area contributed by atoms with Crippen molar-refractivity contribution in [2.45, 2.75) is 136 Å². The van der Waals surface area contributed by atoms with Crippen molar-refractivity contribution in [1.82, 2.24) is 0 Å². The van der Waals surface area contributed by atoms with E-state index in [2.05, 4.69) is 20.8 Å². The average Bonchev–Trinajstić information content (AvgIpc) is 2.66. The zero-order chi connectivity index (χ0) is 20.4. The molecule has 0 aliphatic heterocycles. The van der Waals surface area contributed by atoms with Crippen LogP contribution in [0.1, 0.15) is 136 Å². The molecule has 27 heavy (non-hydrogen) atoms. The molecular weight excluding hydrogens is 336 g/mol. The first-order valence-corrected chi connectivity index (χ1v) is 12.0. The lowest BCUT2D eigenvalue weighted by Gasteiger charge is -2.04. The first kappa shape index (κ1) is 28.6. The van der Waals surface area contributed by atoms with Gasteiger partial charge < -0.3 is 9.84 Å². The Hall–Kier alpha value is -0.570. The number of carbonyl (C=O) groups is 1. The van der Waals surface area contributed by atoms with Gasteiger partial charge in [0.2, 0.25) is 0 Å². The largest absolute Gasteiger partial charge is 0.481 e. The number of aliphatic carboxylic acids is 1. The van der Waals surface area contributed by atoms with Crippen LogP contribution in [0.2, 0.25) is 0 Å². The number of unbranched alkanes of at least 4 members (excludes halogenated alkanes) is 14. The van der Waals surface area contributed by atoms with E-state index in [1.165, 1.54) is 96.3 Å². The third-order valence-corrected chi connectivity index (χ3v) is 4.78. The molecule has 0 spiro atoms. The number of hydrogen-bond donors (Lipinski definition) is 1. The van der Waals surface area contributed by atoms with Crippen molar-refractivity contribution in [3.05, 3.63) is 0 Å². The number of carboxylic acid groups (broad SMARTS) is 1. The van der Waals surface area contributed by atoms with Crippen LogP contribution in [-0.2, 0) is 9.53 Å². The van der Waals surface area contributed by atoms with E-state index in [1.807, 2.05) is 0 Å². The molecule has 3 nitrogen and oxygen atoms in total. The maximum atomic E-state index is 10.0. The predicted octanol–water partition coefficient (Wildman–Crippen LogP) is 8.16. The summed E-state index contributed by atoms with van der Waals surface area (Å²) in [4.78, 5) is 10.0. The molecule has 0 heterocycles. The van der Waals surface area contributed by atoms with Crippen LogP contribution in [0.3, 0.4) is 0 Å². The minimum absolute atomic E-state index is 0.337. The van der Waals surface area contributed by atoms with Gasteiger partial charge in [-0.1, -0.05) is 111 Å². The number of carboxylic acids is 1. The Bertz CT molecular complexity index is 252. The molecule has 1 N–H and O–H groups in total. The van der Waals surface area contributed by atoms with Crippen molar-refractivity contribution in [2.24, 2.45) is 0 Å². The standard InChI is InChI=1S/C16H34O.C8H16O2/c1-3-5-7-9-11-13-15-17-16-14-12-10-8-6-4-2;1-2-3-4-5-6-7-8(9)10/h3-16H2,1-2H3;2-7H2,1H3,(H,9,10). The maximum Gasteiger partial charge on any atom is 0.303 e. The summed E-state index contributed by atoms with van der Waals surface area (Å²) < 4.78 is 5.65. The molecule has 0 amide bonds. The third kappa shape index (κ3) is 33.4. The first-order valence-electron chi connectivity index (χ1n) is 12.0. The minimum Gasteiger partial charge on any atom is -0.481 e. The maximum absolute atomic E-state index is 10.0. The van der Waals surface area contributed by atoms with Gasteiger partial charge in [-0.25, -0.2) is 0 Å². The van der Waals surface area contributed by atoms with E-state index in [9.17, 15) is 4.79 Å². The highest BCUT2D eigenvalue weighted by Gasteiger charge is 1.95. The van der Waals surface area contributed by atoms with Crippen LogP contribution < -0.4 is 0 Å². The highest BCUT2D eigenvalue weighted by molar-refractivity contribution is 5.66. The number of rotatable bonds is 20. The van der Waals surface area contributed by atoms with Gasteiger partial charge in [0.1, 0.15) is 0 Å². The number of hydrogen-bond acceptors (Lipinski definition) is 2. The van der Waals surface area contributed by atoms with Crippen LogP contribution in [0, 0.1) is 0 Å². The summed E-state index contributed by atoms with van der Waals surface area (Å²) in [5.41, 5.74) is 0. The molecule has 0 aromatic carbocycles. The molecule has 0 aliphatic rings. The molecule has 0 atom stereocenters. The quantitative estimate of drug-likeness (QED) is 0.215. The molecule has 0 aromatic rings. The van der Waals surface area contributed by atoms with Crippen molar-refractivity contribution >= 4 is 5.97 Å². The normalized spacial score (nSPS) is 10.5. The van der Waals surface area contributed by atoms with E-state index < -0.39 is 5.97 Å². The van der Waals surface area contributed by atoms with E-state index in [0.717, 1.165) is 26.1 Å². The second-order valence-electron chi connectivity index (χ2n) is 7.71. The summed E-state index contributed by atoms with van der Waals surface area (Å²) in [6.07, 6.45) is 22.2. The molecule has 3 heteroatoms. The Kier molecular flexibility index (Phi) is 29.3. The molecule has 0 saturated carbocycles.